The highest BCUT2D eigenvalue weighted by molar-refractivity contribution is 6.01. The summed E-state index contributed by atoms with van der Waals surface area (Å²) in [5, 5.41) is 0. The van der Waals surface area contributed by atoms with Crippen LogP contribution in [0.2, 0.25) is 0 Å². The quantitative estimate of drug-likeness (QED) is 0.725. The van der Waals surface area contributed by atoms with Gasteiger partial charge in [0.15, 0.2) is 11.9 Å². The lowest BCUT2D eigenvalue weighted by atomic mass is 9.71. The first-order valence-electron chi connectivity index (χ1n) is 6.76. The van der Waals surface area contributed by atoms with E-state index in [9.17, 15) is 14.4 Å². The topological polar surface area (TPSA) is 60.4 Å². The van der Waals surface area contributed by atoms with Crippen molar-refractivity contribution in [1.82, 2.24) is 0 Å². The first-order chi connectivity index (χ1) is 9.19. The molecule has 0 N–H and O–H groups in total. The number of hydrogen-bond acceptors (Lipinski definition) is 4. The van der Waals surface area contributed by atoms with E-state index in [4.69, 9.17) is 4.74 Å². The predicted octanol–water partition coefficient (Wildman–Crippen LogP) is 2.77. The van der Waals surface area contributed by atoms with Gasteiger partial charge in [-0.2, -0.15) is 0 Å². The second-order valence-corrected chi connectivity index (χ2v) is 5.88. The zero-order valence-corrected chi connectivity index (χ0v) is 12.6. The number of ether oxygens (including phenoxy) is 1. The Morgan fingerprint density at radius 1 is 1.40 bits per heavy atom. The van der Waals surface area contributed by atoms with Crippen molar-refractivity contribution in [1.29, 1.82) is 0 Å². The second kappa shape index (κ2) is 6.16. The summed E-state index contributed by atoms with van der Waals surface area (Å²) in [6.07, 6.45) is 1.55. The van der Waals surface area contributed by atoms with E-state index >= 15 is 0 Å². The normalized spacial score (nSPS) is 21.6. The molecular formula is C16H22O4. The highest BCUT2D eigenvalue weighted by atomic mass is 16.5. The average molecular weight is 278 g/mol. The number of Topliss-reactive ketones (excluding diaryl/α,β-unsaturated/α-hetero) is 2. The van der Waals surface area contributed by atoms with Crippen molar-refractivity contribution >= 4 is 17.5 Å². The van der Waals surface area contributed by atoms with Crippen molar-refractivity contribution in [3.8, 4) is 0 Å². The zero-order valence-electron chi connectivity index (χ0n) is 12.6. The molecule has 0 fully saturated rings. The number of hydrogen-bond donors (Lipinski definition) is 0. The highest BCUT2D eigenvalue weighted by Gasteiger charge is 2.39. The molecule has 1 atom stereocenters. The van der Waals surface area contributed by atoms with Crippen molar-refractivity contribution in [3.05, 3.63) is 23.8 Å². The summed E-state index contributed by atoms with van der Waals surface area (Å²) in [5.74, 6) is -0.734. The summed E-state index contributed by atoms with van der Waals surface area (Å²) in [7, 11) is 0. The van der Waals surface area contributed by atoms with Gasteiger partial charge < -0.3 is 9.53 Å². The molecule has 1 aliphatic carbocycles. The van der Waals surface area contributed by atoms with Crippen LogP contribution in [0.15, 0.2) is 23.8 Å². The molecule has 0 aromatic carbocycles. The third-order valence-electron chi connectivity index (χ3n) is 3.65. The van der Waals surface area contributed by atoms with E-state index in [0.717, 1.165) is 5.57 Å². The largest absolute Gasteiger partial charge is 0.454 e. The van der Waals surface area contributed by atoms with Crippen LogP contribution in [0.1, 0.15) is 47.0 Å². The van der Waals surface area contributed by atoms with Crippen LogP contribution in [-0.2, 0) is 19.1 Å². The van der Waals surface area contributed by atoms with E-state index in [2.05, 4.69) is 6.58 Å². The van der Waals surface area contributed by atoms with Crippen LogP contribution in [-0.4, -0.2) is 23.6 Å². The molecule has 0 spiro atoms. The minimum Gasteiger partial charge on any atom is -0.454 e. The van der Waals surface area contributed by atoms with Crippen LogP contribution < -0.4 is 0 Å². The minimum atomic E-state index is -0.756. The Balaban J connectivity index is 2.82. The molecule has 1 rings (SSSR count). The van der Waals surface area contributed by atoms with Gasteiger partial charge in [0.2, 0.25) is 0 Å². The average Bonchev–Trinajstić information content (AvgIpc) is 2.33. The molecule has 20 heavy (non-hydrogen) atoms. The lowest BCUT2D eigenvalue weighted by Gasteiger charge is -2.36. The molecule has 1 unspecified atom stereocenters. The molecule has 0 saturated carbocycles. The number of carbonyl (C=O) groups is 3. The maximum absolute atomic E-state index is 12.2. The fourth-order valence-electron chi connectivity index (χ4n) is 2.57. The van der Waals surface area contributed by atoms with Crippen LogP contribution >= 0.6 is 0 Å². The zero-order chi connectivity index (χ0) is 15.5. The van der Waals surface area contributed by atoms with Gasteiger partial charge >= 0.3 is 5.97 Å². The van der Waals surface area contributed by atoms with Gasteiger partial charge in [-0.05, 0) is 30.4 Å². The summed E-state index contributed by atoms with van der Waals surface area (Å²) in [5.41, 5.74) is 1.24. The Hall–Kier alpha value is -1.71. The SMILES string of the molecule is C=CC1=C(C)C(=O)C(OC(=O)CCC(C)=O)CC1(C)C. The second-order valence-electron chi connectivity index (χ2n) is 5.88. The van der Waals surface area contributed by atoms with Crippen LogP contribution in [0.3, 0.4) is 0 Å². The van der Waals surface area contributed by atoms with E-state index in [1.165, 1.54) is 6.92 Å². The van der Waals surface area contributed by atoms with Crippen molar-refractivity contribution in [2.45, 2.75) is 53.1 Å². The molecule has 4 heteroatoms. The van der Waals surface area contributed by atoms with Crippen LogP contribution in [0.5, 0.6) is 0 Å². The Morgan fingerprint density at radius 3 is 2.50 bits per heavy atom. The molecule has 0 aliphatic heterocycles. The molecule has 1 aliphatic rings. The van der Waals surface area contributed by atoms with Gasteiger partial charge in [-0.25, -0.2) is 0 Å². The predicted molar refractivity (Wildman–Crippen MR) is 76.1 cm³/mol. The highest BCUT2D eigenvalue weighted by Crippen LogP contribution is 2.40. The summed E-state index contributed by atoms with van der Waals surface area (Å²) in [6.45, 7) is 10.9. The van der Waals surface area contributed by atoms with Crippen LogP contribution in [0.25, 0.3) is 0 Å². The minimum absolute atomic E-state index is 0.0244. The monoisotopic (exact) mass is 278 g/mol. The maximum atomic E-state index is 12.2. The summed E-state index contributed by atoms with van der Waals surface area (Å²) >= 11 is 0. The smallest absolute Gasteiger partial charge is 0.306 e. The first kappa shape index (κ1) is 16.3. The van der Waals surface area contributed by atoms with Gasteiger partial charge in [0.1, 0.15) is 5.78 Å². The molecular weight excluding hydrogens is 256 g/mol. The molecule has 0 saturated heterocycles. The third-order valence-corrected chi connectivity index (χ3v) is 3.65. The Bertz CT molecular complexity index is 483. The molecule has 0 heterocycles. The van der Waals surface area contributed by atoms with Gasteiger partial charge in [0.05, 0.1) is 6.42 Å². The molecule has 110 valence electrons. The number of ketones is 2. The van der Waals surface area contributed by atoms with Crippen molar-refractivity contribution in [2.24, 2.45) is 5.41 Å². The summed E-state index contributed by atoms with van der Waals surface area (Å²) in [6, 6.07) is 0. The van der Waals surface area contributed by atoms with Crippen LogP contribution in [0.4, 0.5) is 0 Å². The van der Waals surface area contributed by atoms with E-state index in [-0.39, 0.29) is 29.8 Å². The van der Waals surface area contributed by atoms with Gasteiger partial charge in [-0.15, -0.1) is 0 Å². The lowest BCUT2D eigenvalue weighted by molar-refractivity contribution is -0.156. The molecule has 0 amide bonds. The first-order valence-corrected chi connectivity index (χ1v) is 6.76. The maximum Gasteiger partial charge on any atom is 0.306 e. The Labute approximate surface area is 119 Å². The fourth-order valence-corrected chi connectivity index (χ4v) is 2.57. The molecule has 0 radical (unpaired) electrons. The van der Waals surface area contributed by atoms with Gasteiger partial charge in [0.25, 0.3) is 0 Å². The Kier molecular flexibility index (Phi) is 5.03. The van der Waals surface area contributed by atoms with E-state index in [1.54, 1.807) is 13.0 Å². The van der Waals surface area contributed by atoms with Gasteiger partial charge in [0, 0.05) is 12.8 Å². The van der Waals surface area contributed by atoms with E-state index in [0.29, 0.717) is 12.0 Å². The molecule has 4 nitrogen and oxygen atoms in total. The number of esters is 1. The summed E-state index contributed by atoms with van der Waals surface area (Å²) < 4.78 is 5.24. The van der Waals surface area contributed by atoms with Crippen molar-refractivity contribution in [2.75, 3.05) is 0 Å². The fraction of sp³-hybridized carbons (Fsp3) is 0.562. The number of rotatable bonds is 5. The van der Waals surface area contributed by atoms with Crippen molar-refractivity contribution in [3.63, 3.8) is 0 Å². The Morgan fingerprint density at radius 2 is 2.00 bits per heavy atom. The van der Waals surface area contributed by atoms with Crippen molar-refractivity contribution < 1.29 is 19.1 Å². The van der Waals surface area contributed by atoms with E-state index in [1.807, 2.05) is 13.8 Å². The standard InChI is InChI=1S/C16H22O4/c1-6-12-11(3)15(19)13(9-16(12,4)5)20-14(18)8-7-10(2)17/h6,13H,1,7-9H2,2-5H3. The number of carbonyl (C=O) groups excluding carboxylic acids is 3. The molecule has 0 aromatic heterocycles. The van der Waals surface area contributed by atoms with Gasteiger partial charge in [-0.1, -0.05) is 26.5 Å². The lowest BCUT2D eigenvalue weighted by Crippen LogP contribution is -2.38. The number of allylic oxidation sites excluding steroid dienone is 2. The summed E-state index contributed by atoms with van der Waals surface area (Å²) in [4.78, 5) is 34.7. The van der Waals surface area contributed by atoms with E-state index < -0.39 is 12.1 Å². The van der Waals surface area contributed by atoms with Gasteiger partial charge in [-0.3, -0.25) is 9.59 Å². The molecule has 0 aromatic rings. The molecule has 0 bridgehead atoms. The third kappa shape index (κ3) is 3.65. The van der Waals surface area contributed by atoms with Crippen LogP contribution in [0, 0.1) is 5.41 Å².